The molecule has 1 fully saturated rings. The number of ether oxygens (including phenoxy) is 3. The summed E-state index contributed by atoms with van der Waals surface area (Å²) in [7, 11) is -0.342. The second kappa shape index (κ2) is 13.9. The van der Waals surface area contributed by atoms with Gasteiger partial charge in [-0.05, 0) is 71.6 Å². The molecule has 3 aliphatic rings. The average Bonchev–Trinajstić information content (AvgIpc) is 3.46. The molecular weight excluding hydrogens is 606 g/mol. The van der Waals surface area contributed by atoms with E-state index in [2.05, 4.69) is 47.4 Å². The summed E-state index contributed by atoms with van der Waals surface area (Å²) in [5, 5.41) is 9.65. The standard InChI is InChI=1S/C35H41N3O7S/c1-36-13-15-37(16-14-36)35(40)33-23-27(25-7-12-32-28(21-25)22-26-5-3-4-6-31(26)32)24-34(45-33)44-20-18-38(17-19-39)46(41,42)30-10-8-29(43-2)9-11-30/h3-12,21,23,27,34,39H,13-20,22,24H2,1-2H3/t27-,34+/m0/s1. The highest BCUT2D eigenvalue weighted by Crippen LogP contribution is 2.40. The van der Waals surface area contributed by atoms with Crippen molar-refractivity contribution < 1.29 is 32.5 Å². The second-order valence-corrected chi connectivity index (χ2v) is 13.9. The lowest BCUT2D eigenvalue weighted by Gasteiger charge is -2.35. The van der Waals surface area contributed by atoms with Crippen LogP contribution < -0.4 is 4.74 Å². The molecule has 1 saturated heterocycles. The molecule has 1 N–H and O–H groups in total. The average molecular weight is 648 g/mol. The first-order valence-electron chi connectivity index (χ1n) is 15.7. The predicted molar refractivity (Wildman–Crippen MR) is 174 cm³/mol. The van der Waals surface area contributed by atoms with Crippen molar-refractivity contribution in [1.29, 1.82) is 0 Å². The number of amides is 1. The van der Waals surface area contributed by atoms with Crippen LogP contribution in [0.4, 0.5) is 0 Å². The van der Waals surface area contributed by atoms with Gasteiger partial charge in [-0.3, -0.25) is 4.79 Å². The number of likely N-dealkylation sites (N-methyl/N-ethyl adjacent to an activating group) is 1. The van der Waals surface area contributed by atoms with E-state index >= 15 is 0 Å². The molecule has 0 unspecified atom stereocenters. The highest BCUT2D eigenvalue weighted by molar-refractivity contribution is 7.89. The van der Waals surface area contributed by atoms with E-state index in [1.165, 1.54) is 45.8 Å². The van der Waals surface area contributed by atoms with Crippen LogP contribution in [-0.4, -0.2) is 106 Å². The molecule has 3 aromatic carbocycles. The number of carbonyl (C=O) groups excluding carboxylic acids is 1. The molecule has 46 heavy (non-hydrogen) atoms. The lowest BCUT2D eigenvalue weighted by molar-refractivity contribution is -0.153. The molecule has 1 aliphatic carbocycles. The third kappa shape index (κ3) is 6.84. The van der Waals surface area contributed by atoms with Crippen LogP contribution in [0, 0.1) is 0 Å². The molecule has 10 nitrogen and oxygen atoms in total. The van der Waals surface area contributed by atoms with Gasteiger partial charge >= 0.3 is 0 Å². The van der Waals surface area contributed by atoms with Crippen molar-refractivity contribution in [2.75, 3.05) is 66.6 Å². The van der Waals surface area contributed by atoms with Crippen LogP contribution >= 0.6 is 0 Å². The SMILES string of the molecule is COc1ccc(S(=O)(=O)N(CCO)CCO[C@H]2C[C@@H](c3ccc4c(c3)Cc3ccccc3-4)C=C(C(=O)N3CCN(C)CC3)O2)cc1. The van der Waals surface area contributed by atoms with Gasteiger partial charge in [0.25, 0.3) is 5.91 Å². The number of piperazine rings is 1. The normalized spacial score (nSPS) is 19.7. The zero-order valence-corrected chi connectivity index (χ0v) is 27.1. The quantitative estimate of drug-likeness (QED) is 0.264. The maximum Gasteiger partial charge on any atom is 0.288 e. The summed E-state index contributed by atoms with van der Waals surface area (Å²) in [4.78, 5) is 17.8. The summed E-state index contributed by atoms with van der Waals surface area (Å²) in [5.74, 6) is 0.509. The van der Waals surface area contributed by atoms with Gasteiger partial charge in [-0.25, -0.2) is 8.42 Å². The minimum atomic E-state index is -3.90. The Morgan fingerprint density at radius 1 is 0.978 bits per heavy atom. The van der Waals surface area contributed by atoms with Crippen molar-refractivity contribution in [1.82, 2.24) is 14.1 Å². The molecular formula is C35H41N3O7S. The molecule has 0 saturated carbocycles. The van der Waals surface area contributed by atoms with E-state index < -0.39 is 16.3 Å². The Balaban J connectivity index is 1.19. The monoisotopic (exact) mass is 647 g/mol. The lowest BCUT2D eigenvalue weighted by atomic mass is 9.90. The highest BCUT2D eigenvalue weighted by Gasteiger charge is 2.33. The number of benzene rings is 3. The van der Waals surface area contributed by atoms with Gasteiger partial charge in [0.15, 0.2) is 5.76 Å². The predicted octanol–water partition coefficient (Wildman–Crippen LogP) is 3.45. The van der Waals surface area contributed by atoms with E-state index in [9.17, 15) is 18.3 Å². The van der Waals surface area contributed by atoms with E-state index in [0.29, 0.717) is 25.3 Å². The topological polar surface area (TPSA) is 109 Å². The van der Waals surface area contributed by atoms with Crippen molar-refractivity contribution in [3.63, 3.8) is 0 Å². The van der Waals surface area contributed by atoms with Gasteiger partial charge in [0.05, 0.1) is 25.2 Å². The Bertz CT molecular complexity index is 1680. The van der Waals surface area contributed by atoms with Gasteiger partial charge in [-0.1, -0.05) is 42.5 Å². The first-order valence-corrected chi connectivity index (χ1v) is 17.1. The van der Waals surface area contributed by atoms with Crippen molar-refractivity contribution in [2.45, 2.75) is 29.9 Å². The van der Waals surface area contributed by atoms with Crippen LogP contribution in [0.25, 0.3) is 11.1 Å². The zero-order valence-electron chi connectivity index (χ0n) is 26.3. The molecule has 0 spiro atoms. The summed E-state index contributed by atoms with van der Waals surface area (Å²) < 4.78 is 45.4. The van der Waals surface area contributed by atoms with Crippen LogP contribution in [0.15, 0.2) is 83.5 Å². The number of methoxy groups -OCH3 is 1. The van der Waals surface area contributed by atoms with E-state index in [0.717, 1.165) is 25.1 Å². The largest absolute Gasteiger partial charge is 0.497 e. The summed E-state index contributed by atoms with van der Waals surface area (Å²) in [6, 6.07) is 21.1. The maximum atomic E-state index is 13.7. The molecule has 2 atom stereocenters. The van der Waals surface area contributed by atoms with Gasteiger partial charge < -0.3 is 29.1 Å². The minimum Gasteiger partial charge on any atom is -0.497 e. The molecule has 11 heteroatoms. The fraction of sp³-hybridized carbons (Fsp3) is 0.400. The number of carbonyl (C=O) groups is 1. The Morgan fingerprint density at radius 2 is 1.72 bits per heavy atom. The van der Waals surface area contributed by atoms with Gasteiger partial charge in [0.1, 0.15) is 5.75 Å². The number of aliphatic hydroxyl groups is 1. The van der Waals surface area contributed by atoms with Crippen molar-refractivity contribution >= 4 is 15.9 Å². The smallest absolute Gasteiger partial charge is 0.288 e. The van der Waals surface area contributed by atoms with Gasteiger partial charge in [-0.15, -0.1) is 0 Å². The summed E-state index contributed by atoms with van der Waals surface area (Å²) >= 11 is 0. The molecule has 0 aromatic heterocycles. The number of rotatable bonds is 11. The summed E-state index contributed by atoms with van der Waals surface area (Å²) in [6.45, 7) is 2.40. The van der Waals surface area contributed by atoms with E-state index in [4.69, 9.17) is 14.2 Å². The van der Waals surface area contributed by atoms with Crippen LogP contribution in [0.3, 0.4) is 0 Å². The first-order chi connectivity index (χ1) is 22.3. The van der Waals surface area contributed by atoms with Crippen molar-refractivity contribution in [3.05, 3.63) is 95.3 Å². The van der Waals surface area contributed by atoms with Crippen molar-refractivity contribution in [2.24, 2.45) is 0 Å². The number of hydrogen-bond donors (Lipinski definition) is 1. The number of allylic oxidation sites excluding steroid dienone is 1. The second-order valence-electron chi connectivity index (χ2n) is 11.9. The molecule has 244 valence electrons. The van der Waals surface area contributed by atoms with Crippen LogP contribution in [0.1, 0.15) is 29.0 Å². The van der Waals surface area contributed by atoms with Crippen LogP contribution in [0.2, 0.25) is 0 Å². The molecule has 6 rings (SSSR count). The maximum absolute atomic E-state index is 13.7. The fourth-order valence-corrected chi connectivity index (χ4v) is 7.77. The van der Waals surface area contributed by atoms with Gasteiger partial charge in [-0.2, -0.15) is 4.31 Å². The summed E-state index contributed by atoms with van der Waals surface area (Å²) in [6.07, 6.45) is 2.49. The zero-order chi connectivity index (χ0) is 32.3. The minimum absolute atomic E-state index is 0.00199. The van der Waals surface area contributed by atoms with Gasteiger partial charge in [0.2, 0.25) is 16.3 Å². The van der Waals surface area contributed by atoms with E-state index in [-0.39, 0.29) is 48.8 Å². The third-order valence-corrected chi connectivity index (χ3v) is 10.9. The van der Waals surface area contributed by atoms with Crippen LogP contribution in [0.5, 0.6) is 5.75 Å². The number of aliphatic hydroxyl groups excluding tert-OH is 1. The molecule has 2 aliphatic heterocycles. The Kier molecular flexibility index (Phi) is 9.76. The summed E-state index contributed by atoms with van der Waals surface area (Å²) in [5.41, 5.74) is 6.14. The van der Waals surface area contributed by atoms with E-state index in [1.807, 2.05) is 18.0 Å². The Hall–Kier alpha value is -3.74. The number of sulfonamides is 1. The molecule has 0 radical (unpaired) electrons. The highest BCUT2D eigenvalue weighted by atomic mass is 32.2. The van der Waals surface area contributed by atoms with Gasteiger partial charge in [0, 0.05) is 51.6 Å². The Labute approximate surface area is 270 Å². The number of hydrogen-bond acceptors (Lipinski definition) is 8. The number of fused-ring (bicyclic) bond motifs is 3. The van der Waals surface area contributed by atoms with Crippen LogP contribution in [-0.2, 0) is 30.7 Å². The molecule has 0 bridgehead atoms. The lowest BCUT2D eigenvalue weighted by Crippen LogP contribution is -2.48. The van der Waals surface area contributed by atoms with E-state index in [1.54, 1.807) is 12.1 Å². The molecule has 2 heterocycles. The molecule has 3 aromatic rings. The molecule has 1 amide bonds. The Morgan fingerprint density at radius 3 is 2.46 bits per heavy atom. The fourth-order valence-electron chi connectivity index (χ4n) is 6.35. The third-order valence-electron chi connectivity index (χ3n) is 9.00. The first kappa shape index (κ1) is 32.2. The number of nitrogens with zero attached hydrogens (tertiary/aromatic N) is 3. The van der Waals surface area contributed by atoms with Crippen molar-refractivity contribution in [3.8, 4) is 16.9 Å².